The molecule has 0 aliphatic carbocycles. The van der Waals surface area contributed by atoms with E-state index in [2.05, 4.69) is 15.9 Å². The number of halogens is 2. The van der Waals surface area contributed by atoms with Gasteiger partial charge in [-0.05, 0) is 42.3 Å². The Labute approximate surface area is 120 Å². The smallest absolute Gasteiger partial charge is 0.126 e. The summed E-state index contributed by atoms with van der Waals surface area (Å²) in [6.07, 6.45) is -0.928. The third-order valence-electron chi connectivity index (χ3n) is 3.00. The van der Waals surface area contributed by atoms with E-state index in [1.807, 2.05) is 6.07 Å². The van der Waals surface area contributed by atoms with E-state index in [1.54, 1.807) is 31.2 Å². The van der Waals surface area contributed by atoms with Crippen LogP contribution in [0.5, 0.6) is 5.75 Å². The van der Waals surface area contributed by atoms with Crippen molar-refractivity contribution in [2.75, 3.05) is 7.11 Å². The molecule has 19 heavy (non-hydrogen) atoms. The summed E-state index contributed by atoms with van der Waals surface area (Å²) in [6.45, 7) is 1.69. The van der Waals surface area contributed by atoms with Crippen molar-refractivity contribution in [3.63, 3.8) is 0 Å². The van der Waals surface area contributed by atoms with Gasteiger partial charge < -0.3 is 9.84 Å². The average molecular weight is 325 g/mol. The van der Waals surface area contributed by atoms with Crippen molar-refractivity contribution >= 4 is 15.9 Å². The van der Waals surface area contributed by atoms with Crippen molar-refractivity contribution in [3.05, 3.63) is 63.4 Å². The molecule has 1 unspecified atom stereocenters. The minimum atomic E-state index is -0.928. The maximum atomic E-state index is 13.6. The van der Waals surface area contributed by atoms with Crippen molar-refractivity contribution in [2.45, 2.75) is 13.0 Å². The topological polar surface area (TPSA) is 29.5 Å². The summed E-state index contributed by atoms with van der Waals surface area (Å²) in [6, 6.07) is 10.1. The lowest BCUT2D eigenvalue weighted by Gasteiger charge is -2.16. The molecular formula is C15H14BrFO2. The van der Waals surface area contributed by atoms with Crippen LogP contribution in [-0.4, -0.2) is 12.2 Å². The first-order valence-electron chi connectivity index (χ1n) is 5.80. The van der Waals surface area contributed by atoms with Crippen LogP contribution >= 0.6 is 15.9 Å². The Morgan fingerprint density at radius 1 is 1.21 bits per heavy atom. The highest BCUT2D eigenvalue weighted by Crippen LogP contribution is 2.32. The molecule has 0 bridgehead atoms. The van der Waals surface area contributed by atoms with Crippen LogP contribution < -0.4 is 4.74 Å². The zero-order valence-electron chi connectivity index (χ0n) is 10.7. The molecule has 0 saturated carbocycles. The highest BCUT2D eigenvalue weighted by molar-refractivity contribution is 9.10. The molecule has 100 valence electrons. The lowest BCUT2D eigenvalue weighted by Crippen LogP contribution is -2.03. The molecule has 0 amide bonds. The summed E-state index contributed by atoms with van der Waals surface area (Å²) >= 11 is 3.35. The van der Waals surface area contributed by atoms with Crippen molar-refractivity contribution in [1.82, 2.24) is 0 Å². The predicted molar refractivity (Wildman–Crippen MR) is 75.9 cm³/mol. The van der Waals surface area contributed by atoms with Gasteiger partial charge in [0.05, 0.1) is 7.11 Å². The van der Waals surface area contributed by atoms with Crippen LogP contribution in [0.3, 0.4) is 0 Å². The second-order valence-corrected chi connectivity index (χ2v) is 5.21. The molecular weight excluding hydrogens is 311 g/mol. The van der Waals surface area contributed by atoms with Crippen LogP contribution in [0.4, 0.5) is 4.39 Å². The van der Waals surface area contributed by atoms with Crippen LogP contribution in [0.1, 0.15) is 22.8 Å². The Balaban J connectivity index is 2.45. The van der Waals surface area contributed by atoms with Crippen molar-refractivity contribution in [2.24, 2.45) is 0 Å². The molecule has 1 N–H and O–H groups in total. The zero-order chi connectivity index (χ0) is 14.0. The molecule has 2 aromatic carbocycles. The van der Waals surface area contributed by atoms with Crippen molar-refractivity contribution < 1.29 is 14.2 Å². The maximum Gasteiger partial charge on any atom is 0.126 e. The normalized spacial score (nSPS) is 12.3. The van der Waals surface area contributed by atoms with Gasteiger partial charge in [0.2, 0.25) is 0 Å². The maximum absolute atomic E-state index is 13.6. The molecule has 4 heteroatoms. The standard InChI is InChI=1S/C15H14BrFO2/c1-9-3-4-10(7-13(9)17)15(18)12-8-11(16)5-6-14(12)19-2/h3-8,15,18H,1-2H3. The minimum Gasteiger partial charge on any atom is -0.496 e. The van der Waals surface area contributed by atoms with Gasteiger partial charge in [-0.2, -0.15) is 0 Å². The number of aliphatic hydroxyl groups excluding tert-OH is 1. The molecule has 0 fully saturated rings. The first-order valence-corrected chi connectivity index (χ1v) is 6.59. The SMILES string of the molecule is COc1ccc(Br)cc1C(O)c1ccc(C)c(F)c1. The van der Waals surface area contributed by atoms with Gasteiger partial charge in [-0.3, -0.25) is 0 Å². The fourth-order valence-electron chi connectivity index (χ4n) is 1.88. The van der Waals surface area contributed by atoms with Gasteiger partial charge in [0.25, 0.3) is 0 Å². The van der Waals surface area contributed by atoms with E-state index in [9.17, 15) is 9.50 Å². The van der Waals surface area contributed by atoms with Crippen LogP contribution in [0, 0.1) is 12.7 Å². The summed E-state index contributed by atoms with van der Waals surface area (Å²) in [7, 11) is 1.54. The lowest BCUT2D eigenvalue weighted by atomic mass is 9.99. The van der Waals surface area contributed by atoms with E-state index in [-0.39, 0.29) is 5.82 Å². The van der Waals surface area contributed by atoms with Crippen molar-refractivity contribution in [3.8, 4) is 5.75 Å². The molecule has 0 aliphatic rings. The van der Waals surface area contributed by atoms with E-state index in [4.69, 9.17) is 4.74 Å². The van der Waals surface area contributed by atoms with Crippen LogP contribution in [0.25, 0.3) is 0 Å². The summed E-state index contributed by atoms with van der Waals surface area (Å²) in [5, 5.41) is 10.4. The van der Waals surface area contributed by atoms with Gasteiger partial charge in [-0.25, -0.2) is 4.39 Å². The number of benzene rings is 2. The molecule has 0 aromatic heterocycles. The van der Waals surface area contributed by atoms with Gasteiger partial charge in [0.15, 0.2) is 0 Å². The fraction of sp³-hybridized carbons (Fsp3) is 0.200. The zero-order valence-corrected chi connectivity index (χ0v) is 12.2. The molecule has 0 spiro atoms. The lowest BCUT2D eigenvalue weighted by molar-refractivity contribution is 0.214. The number of hydrogen-bond donors (Lipinski definition) is 1. The van der Waals surface area contributed by atoms with Crippen LogP contribution in [-0.2, 0) is 0 Å². The Morgan fingerprint density at radius 2 is 1.95 bits per heavy atom. The van der Waals surface area contributed by atoms with Gasteiger partial charge in [0, 0.05) is 10.0 Å². The highest BCUT2D eigenvalue weighted by atomic mass is 79.9. The van der Waals surface area contributed by atoms with E-state index in [0.29, 0.717) is 22.4 Å². The van der Waals surface area contributed by atoms with Gasteiger partial charge in [-0.1, -0.05) is 28.1 Å². The molecule has 2 rings (SSSR count). The number of hydrogen-bond acceptors (Lipinski definition) is 2. The highest BCUT2D eigenvalue weighted by Gasteiger charge is 2.17. The molecule has 0 heterocycles. The quantitative estimate of drug-likeness (QED) is 0.925. The number of ether oxygens (including phenoxy) is 1. The summed E-state index contributed by atoms with van der Waals surface area (Å²) in [4.78, 5) is 0. The van der Waals surface area contributed by atoms with E-state index >= 15 is 0 Å². The summed E-state index contributed by atoms with van der Waals surface area (Å²) in [5.41, 5.74) is 1.65. The summed E-state index contributed by atoms with van der Waals surface area (Å²) in [5.74, 6) is 0.238. The van der Waals surface area contributed by atoms with Crippen molar-refractivity contribution in [1.29, 1.82) is 0 Å². The van der Waals surface area contributed by atoms with E-state index in [0.717, 1.165) is 4.47 Å². The molecule has 0 saturated heterocycles. The third-order valence-corrected chi connectivity index (χ3v) is 3.49. The molecule has 0 radical (unpaired) electrons. The second-order valence-electron chi connectivity index (χ2n) is 4.30. The Hall–Kier alpha value is -1.39. The number of aliphatic hydroxyl groups is 1. The van der Waals surface area contributed by atoms with E-state index in [1.165, 1.54) is 13.2 Å². The van der Waals surface area contributed by atoms with E-state index < -0.39 is 6.10 Å². The fourth-order valence-corrected chi connectivity index (χ4v) is 2.26. The molecule has 1 atom stereocenters. The Morgan fingerprint density at radius 3 is 2.58 bits per heavy atom. The number of aryl methyl sites for hydroxylation is 1. The van der Waals surface area contributed by atoms with Gasteiger partial charge in [0.1, 0.15) is 17.7 Å². The number of methoxy groups -OCH3 is 1. The molecule has 2 aromatic rings. The Bertz CT molecular complexity index is 599. The number of rotatable bonds is 3. The molecule has 0 aliphatic heterocycles. The minimum absolute atomic E-state index is 0.328. The van der Waals surface area contributed by atoms with Crippen LogP contribution in [0.2, 0.25) is 0 Å². The third kappa shape index (κ3) is 2.96. The average Bonchev–Trinajstić information content (AvgIpc) is 2.41. The molecule has 2 nitrogen and oxygen atoms in total. The Kier molecular flexibility index (Phi) is 4.22. The summed E-state index contributed by atoms with van der Waals surface area (Å²) < 4.78 is 19.6. The second kappa shape index (κ2) is 5.72. The monoisotopic (exact) mass is 324 g/mol. The first-order chi connectivity index (χ1) is 9.02. The largest absolute Gasteiger partial charge is 0.496 e. The van der Waals surface area contributed by atoms with Gasteiger partial charge >= 0.3 is 0 Å². The van der Waals surface area contributed by atoms with Gasteiger partial charge in [-0.15, -0.1) is 0 Å². The predicted octanol–water partition coefficient (Wildman–Crippen LogP) is 3.99. The van der Waals surface area contributed by atoms with Crippen LogP contribution in [0.15, 0.2) is 40.9 Å². The first kappa shape index (κ1) is 14.0.